The quantitative estimate of drug-likeness (QED) is 0.613. The van der Waals surface area contributed by atoms with Gasteiger partial charge in [0.05, 0.1) is 0 Å². The molecule has 68 valence electrons. The van der Waals surface area contributed by atoms with Crippen molar-refractivity contribution in [3.05, 3.63) is 0 Å². The molecule has 0 aromatic heterocycles. The van der Waals surface area contributed by atoms with Crippen molar-refractivity contribution in [2.24, 2.45) is 11.8 Å². The van der Waals surface area contributed by atoms with Gasteiger partial charge in [-0.05, 0) is 12.3 Å². The molecule has 0 bridgehead atoms. The van der Waals surface area contributed by atoms with Crippen molar-refractivity contribution >= 4 is 12.3 Å². The van der Waals surface area contributed by atoms with Gasteiger partial charge in [0.15, 0.2) is 0 Å². The predicted octanol–water partition coefficient (Wildman–Crippen LogP) is 0.152. The van der Waals surface area contributed by atoms with Gasteiger partial charge in [-0.3, -0.25) is 20.0 Å². The lowest BCUT2D eigenvalue weighted by Gasteiger charge is -2.13. The van der Waals surface area contributed by atoms with Gasteiger partial charge < -0.3 is 0 Å². The fourth-order valence-corrected chi connectivity index (χ4v) is 1.71. The maximum absolute atomic E-state index is 11.4. The second-order valence-corrected chi connectivity index (χ2v) is 3.19. The van der Waals surface area contributed by atoms with E-state index >= 15 is 0 Å². The first-order valence-corrected chi connectivity index (χ1v) is 4.21. The van der Waals surface area contributed by atoms with Gasteiger partial charge in [-0.25, -0.2) is 0 Å². The summed E-state index contributed by atoms with van der Waals surface area (Å²) in [6.07, 6.45) is 1.39. The third kappa shape index (κ3) is 1.42. The van der Waals surface area contributed by atoms with E-state index in [1.807, 2.05) is 13.8 Å². The summed E-state index contributed by atoms with van der Waals surface area (Å²) in [5.41, 5.74) is 2.39. The number of hydrogen-bond donors (Lipinski definition) is 1. The Hall–Kier alpha value is -1.06. The summed E-state index contributed by atoms with van der Waals surface area (Å²) in [6, 6.07) is 0. The molecule has 0 aliphatic carbocycles. The Morgan fingerprint density at radius 3 is 2.83 bits per heavy atom. The van der Waals surface area contributed by atoms with Crippen molar-refractivity contribution < 1.29 is 9.59 Å². The first-order valence-electron chi connectivity index (χ1n) is 4.21. The minimum absolute atomic E-state index is 0.0390. The highest BCUT2D eigenvalue weighted by Gasteiger charge is 2.36. The van der Waals surface area contributed by atoms with Crippen molar-refractivity contribution in [3.8, 4) is 0 Å². The Bertz CT molecular complexity index is 193. The number of hydrogen-bond acceptors (Lipinski definition) is 2. The van der Waals surface area contributed by atoms with Gasteiger partial charge >= 0.3 is 0 Å². The van der Waals surface area contributed by atoms with Gasteiger partial charge in [0, 0.05) is 12.5 Å². The van der Waals surface area contributed by atoms with Crippen LogP contribution in [0.15, 0.2) is 0 Å². The van der Waals surface area contributed by atoms with Crippen LogP contribution in [0.5, 0.6) is 0 Å². The molecule has 1 rings (SSSR count). The molecule has 0 aromatic carbocycles. The Morgan fingerprint density at radius 2 is 2.42 bits per heavy atom. The molecule has 0 radical (unpaired) electrons. The highest BCUT2D eigenvalue weighted by Crippen LogP contribution is 2.25. The smallest absolute Gasteiger partial charge is 0.244 e. The van der Waals surface area contributed by atoms with Crippen molar-refractivity contribution in [2.75, 3.05) is 6.54 Å². The lowest BCUT2D eigenvalue weighted by molar-refractivity contribution is -0.136. The maximum atomic E-state index is 11.4. The zero-order valence-corrected chi connectivity index (χ0v) is 7.41. The highest BCUT2D eigenvalue weighted by molar-refractivity contribution is 5.81. The minimum Gasteiger partial charge on any atom is -0.277 e. The first-order chi connectivity index (χ1) is 5.70. The average Bonchev–Trinajstić information content (AvgIpc) is 2.29. The molecule has 1 aliphatic heterocycles. The van der Waals surface area contributed by atoms with Gasteiger partial charge in [0.25, 0.3) is 0 Å². The van der Waals surface area contributed by atoms with Gasteiger partial charge in [-0.15, -0.1) is 0 Å². The van der Waals surface area contributed by atoms with Crippen LogP contribution in [0.25, 0.3) is 0 Å². The molecule has 4 heteroatoms. The van der Waals surface area contributed by atoms with E-state index in [0.717, 1.165) is 6.42 Å². The maximum Gasteiger partial charge on any atom is 0.244 e. The standard InChI is InChI=1S/C8H14N2O2/c1-3-7-6(2)4-10(8(7)12)9-5-11/h5-7H,3-4H2,1-2H3,(H,9,11). The van der Waals surface area contributed by atoms with E-state index in [-0.39, 0.29) is 11.8 Å². The number of hydrazine groups is 1. The molecule has 1 saturated heterocycles. The van der Waals surface area contributed by atoms with E-state index < -0.39 is 0 Å². The number of rotatable bonds is 3. The molecule has 2 amide bonds. The largest absolute Gasteiger partial charge is 0.277 e. The summed E-state index contributed by atoms with van der Waals surface area (Å²) < 4.78 is 0. The summed E-state index contributed by atoms with van der Waals surface area (Å²) in [6.45, 7) is 4.65. The fourth-order valence-electron chi connectivity index (χ4n) is 1.71. The predicted molar refractivity (Wildman–Crippen MR) is 43.9 cm³/mol. The van der Waals surface area contributed by atoms with Crippen molar-refractivity contribution in [1.82, 2.24) is 10.4 Å². The highest BCUT2D eigenvalue weighted by atomic mass is 16.2. The molecule has 0 saturated carbocycles. The lowest BCUT2D eigenvalue weighted by atomic mass is 9.95. The van der Waals surface area contributed by atoms with Crippen LogP contribution >= 0.6 is 0 Å². The Labute approximate surface area is 71.9 Å². The molecule has 2 atom stereocenters. The van der Waals surface area contributed by atoms with Gasteiger partial charge in [0.2, 0.25) is 12.3 Å². The average molecular weight is 170 g/mol. The molecular formula is C8H14N2O2. The molecular weight excluding hydrogens is 156 g/mol. The van der Waals surface area contributed by atoms with Crippen molar-refractivity contribution in [2.45, 2.75) is 20.3 Å². The molecule has 0 aromatic rings. The third-order valence-electron chi connectivity index (χ3n) is 2.39. The number of carbonyl (C=O) groups is 2. The lowest BCUT2D eigenvalue weighted by Crippen LogP contribution is -2.39. The van der Waals surface area contributed by atoms with Crippen LogP contribution in [0.2, 0.25) is 0 Å². The second kappa shape index (κ2) is 3.56. The SMILES string of the molecule is CCC1C(=O)N(NC=O)CC1C. The molecule has 12 heavy (non-hydrogen) atoms. The van der Waals surface area contributed by atoms with Crippen LogP contribution in [0, 0.1) is 11.8 Å². The van der Waals surface area contributed by atoms with E-state index in [1.54, 1.807) is 0 Å². The van der Waals surface area contributed by atoms with Crippen molar-refractivity contribution in [3.63, 3.8) is 0 Å². The van der Waals surface area contributed by atoms with Gasteiger partial charge in [0.1, 0.15) is 0 Å². The zero-order valence-electron chi connectivity index (χ0n) is 7.41. The molecule has 1 N–H and O–H groups in total. The van der Waals surface area contributed by atoms with Crippen LogP contribution in [0.4, 0.5) is 0 Å². The van der Waals surface area contributed by atoms with Crippen LogP contribution in [-0.2, 0) is 9.59 Å². The van der Waals surface area contributed by atoms with Gasteiger partial charge in [-0.1, -0.05) is 13.8 Å². The zero-order chi connectivity index (χ0) is 9.14. The monoisotopic (exact) mass is 170 g/mol. The Balaban J connectivity index is 2.61. The molecule has 1 heterocycles. The second-order valence-electron chi connectivity index (χ2n) is 3.19. The van der Waals surface area contributed by atoms with E-state index in [4.69, 9.17) is 0 Å². The van der Waals surface area contributed by atoms with Crippen LogP contribution in [-0.4, -0.2) is 23.9 Å². The van der Waals surface area contributed by atoms with Crippen LogP contribution in [0.3, 0.4) is 0 Å². The molecule has 0 spiro atoms. The van der Waals surface area contributed by atoms with E-state index in [9.17, 15) is 9.59 Å². The number of carbonyl (C=O) groups excluding carboxylic acids is 2. The Morgan fingerprint density at radius 1 is 1.75 bits per heavy atom. The van der Waals surface area contributed by atoms with E-state index in [1.165, 1.54) is 5.01 Å². The number of amides is 2. The first kappa shape index (κ1) is 9.03. The Kier molecular flexibility index (Phi) is 2.68. The summed E-state index contributed by atoms with van der Waals surface area (Å²) in [5, 5.41) is 1.39. The topological polar surface area (TPSA) is 49.4 Å². The van der Waals surface area contributed by atoms with E-state index in [0.29, 0.717) is 18.9 Å². The molecule has 1 fully saturated rings. The summed E-state index contributed by atoms with van der Waals surface area (Å²) >= 11 is 0. The van der Waals surface area contributed by atoms with Crippen LogP contribution in [0.1, 0.15) is 20.3 Å². The fraction of sp³-hybridized carbons (Fsp3) is 0.750. The van der Waals surface area contributed by atoms with E-state index in [2.05, 4.69) is 5.43 Å². The van der Waals surface area contributed by atoms with Crippen molar-refractivity contribution in [1.29, 1.82) is 0 Å². The number of nitrogens with one attached hydrogen (secondary N) is 1. The number of nitrogens with zero attached hydrogens (tertiary/aromatic N) is 1. The van der Waals surface area contributed by atoms with Crippen LogP contribution < -0.4 is 5.43 Å². The summed E-state index contributed by atoms with van der Waals surface area (Å²) in [5.74, 6) is 0.463. The van der Waals surface area contributed by atoms with Gasteiger partial charge in [-0.2, -0.15) is 0 Å². The molecule has 4 nitrogen and oxygen atoms in total. The molecule has 1 aliphatic rings. The third-order valence-corrected chi connectivity index (χ3v) is 2.39. The molecule has 2 unspecified atom stereocenters. The summed E-state index contributed by atoms with van der Waals surface area (Å²) in [7, 11) is 0. The minimum atomic E-state index is 0.0390. The summed E-state index contributed by atoms with van der Waals surface area (Å²) in [4.78, 5) is 21.5. The normalized spacial score (nSPS) is 29.2.